The highest BCUT2D eigenvalue weighted by Crippen LogP contribution is 2.45. The summed E-state index contributed by atoms with van der Waals surface area (Å²) in [6.45, 7) is 8.17. The van der Waals surface area contributed by atoms with E-state index in [0.29, 0.717) is 5.02 Å². The smallest absolute Gasteiger partial charge is 0.399 e. The largest absolute Gasteiger partial charge is 0.494 e. The molecule has 108 valence electrons. The number of benzene rings is 1. The molecule has 3 rings (SSSR count). The van der Waals surface area contributed by atoms with Gasteiger partial charge in [0.25, 0.3) is 0 Å². The summed E-state index contributed by atoms with van der Waals surface area (Å²) in [6, 6.07) is 5.94. The number of nitrogens with two attached hydrogens (primary N) is 1. The van der Waals surface area contributed by atoms with Crippen molar-refractivity contribution in [1.82, 2.24) is 0 Å². The molecule has 3 nitrogen and oxygen atoms in total. The second kappa shape index (κ2) is 4.23. The Bertz CT molecular complexity index is 539. The van der Waals surface area contributed by atoms with Gasteiger partial charge in [0.15, 0.2) is 0 Å². The number of halogens is 1. The summed E-state index contributed by atoms with van der Waals surface area (Å²) >= 11 is 6.38. The van der Waals surface area contributed by atoms with E-state index in [1.54, 1.807) is 0 Å². The van der Waals surface area contributed by atoms with E-state index in [0.717, 1.165) is 23.9 Å². The fourth-order valence-corrected chi connectivity index (χ4v) is 2.84. The maximum absolute atomic E-state index is 6.38. The molecule has 0 amide bonds. The first-order valence-corrected chi connectivity index (χ1v) is 7.47. The fraction of sp³-hybridized carbons (Fsp3) is 0.600. The van der Waals surface area contributed by atoms with Crippen molar-refractivity contribution in [2.75, 3.05) is 0 Å². The van der Waals surface area contributed by atoms with Crippen LogP contribution < -0.4 is 11.2 Å². The van der Waals surface area contributed by atoms with Gasteiger partial charge in [-0.2, -0.15) is 0 Å². The van der Waals surface area contributed by atoms with Crippen LogP contribution in [0.4, 0.5) is 0 Å². The highest BCUT2D eigenvalue weighted by atomic mass is 35.5. The van der Waals surface area contributed by atoms with Crippen LogP contribution in [0, 0.1) is 0 Å². The van der Waals surface area contributed by atoms with Crippen molar-refractivity contribution in [2.24, 2.45) is 5.73 Å². The van der Waals surface area contributed by atoms with Crippen LogP contribution >= 0.6 is 11.6 Å². The molecule has 2 fully saturated rings. The molecule has 2 N–H and O–H groups in total. The van der Waals surface area contributed by atoms with Gasteiger partial charge in [-0.25, -0.2) is 0 Å². The zero-order chi connectivity index (χ0) is 14.8. The topological polar surface area (TPSA) is 44.5 Å². The molecule has 1 aromatic rings. The Labute approximate surface area is 125 Å². The normalized spacial score (nSPS) is 25.8. The summed E-state index contributed by atoms with van der Waals surface area (Å²) in [4.78, 5) is 0. The third-order valence-electron chi connectivity index (χ3n) is 4.84. The molecule has 1 heterocycles. The third-order valence-corrected chi connectivity index (χ3v) is 5.16. The third kappa shape index (κ3) is 2.19. The van der Waals surface area contributed by atoms with E-state index >= 15 is 0 Å². The standard InChI is InChI=1S/C15H21BClNO2/c1-13(2)14(3,4)20-16(19-13)10-5-6-11(12(17)9-10)15(18)7-8-15/h5-6,9H,7-8,18H2,1-4H3. The summed E-state index contributed by atoms with van der Waals surface area (Å²) in [5, 5.41) is 0.706. The van der Waals surface area contributed by atoms with Crippen molar-refractivity contribution in [2.45, 2.75) is 57.3 Å². The molecule has 1 saturated carbocycles. The maximum atomic E-state index is 6.38. The Morgan fingerprint density at radius 3 is 2.10 bits per heavy atom. The molecule has 0 spiro atoms. The number of hydrogen-bond acceptors (Lipinski definition) is 3. The monoisotopic (exact) mass is 293 g/mol. The van der Waals surface area contributed by atoms with Crippen molar-refractivity contribution in [3.05, 3.63) is 28.8 Å². The fourth-order valence-electron chi connectivity index (χ4n) is 2.46. The van der Waals surface area contributed by atoms with Gasteiger partial charge in [-0.05, 0) is 57.6 Å². The summed E-state index contributed by atoms with van der Waals surface area (Å²) in [6.07, 6.45) is 2.01. The molecule has 2 aliphatic rings. The molecule has 1 aliphatic carbocycles. The van der Waals surface area contributed by atoms with Crippen LogP contribution in [0.5, 0.6) is 0 Å². The van der Waals surface area contributed by atoms with E-state index in [1.807, 2.05) is 45.9 Å². The van der Waals surface area contributed by atoms with E-state index in [1.165, 1.54) is 0 Å². The average Bonchev–Trinajstić information content (AvgIpc) is 3.01. The molecular weight excluding hydrogens is 272 g/mol. The van der Waals surface area contributed by atoms with Gasteiger partial charge in [-0.15, -0.1) is 0 Å². The Balaban J connectivity index is 1.88. The lowest BCUT2D eigenvalue weighted by Gasteiger charge is -2.32. The molecule has 0 unspecified atom stereocenters. The van der Waals surface area contributed by atoms with Crippen LogP contribution in [0.25, 0.3) is 0 Å². The highest BCUT2D eigenvalue weighted by molar-refractivity contribution is 6.62. The minimum absolute atomic E-state index is 0.217. The molecule has 0 atom stereocenters. The second-order valence-corrected chi connectivity index (χ2v) is 7.39. The average molecular weight is 294 g/mol. The highest BCUT2D eigenvalue weighted by Gasteiger charge is 2.52. The van der Waals surface area contributed by atoms with Crippen molar-refractivity contribution >= 4 is 24.2 Å². The molecule has 0 aromatic heterocycles. The Morgan fingerprint density at radius 1 is 1.10 bits per heavy atom. The predicted molar refractivity (Wildman–Crippen MR) is 82.3 cm³/mol. The van der Waals surface area contributed by atoms with Crippen molar-refractivity contribution in [3.63, 3.8) is 0 Å². The van der Waals surface area contributed by atoms with Gasteiger partial charge >= 0.3 is 7.12 Å². The van der Waals surface area contributed by atoms with Crippen molar-refractivity contribution < 1.29 is 9.31 Å². The quantitative estimate of drug-likeness (QED) is 0.853. The molecule has 20 heavy (non-hydrogen) atoms. The molecule has 0 bridgehead atoms. The Morgan fingerprint density at radius 2 is 1.65 bits per heavy atom. The first kappa shape index (κ1) is 14.4. The van der Waals surface area contributed by atoms with Crippen LogP contribution in [-0.4, -0.2) is 18.3 Å². The lowest BCUT2D eigenvalue weighted by atomic mass is 9.78. The molecule has 5 heteroatoms. The van der Waals surface area contributed by atoms with E-state index in [9.17, 15) is 0 Å². The SMILES string of the molecule is CC1(C)OB(c2ccc(C3(N)CC3)c(Cl)c2)OC1(C)C. The minimum atomic E-state index is -0.375. The van der Waals surface area contributed by atoms with Crippen molar-refractivity contribution in [1.29, 1.82) is 0 Å². The summed E-state index contributed by atoms with van der Waals surface area (Å²) < 4.78 is 12.1. The van der Waals surface area contributed by atoms with Gasteiger partial charge in [0, 0.05) is 10.6 Å². The maximum Gasteiger partial charge on any atom is 0.494 e. The lowest BCUT2D eigenvalue weighted by molar-refractivity contribution is 0.00578. The van der Waals surface area contributed by atoms with Crippen LogP contribution in [0.1, 0.15) is 46.1 Å². The van der Waals surface area contributed by atoms with Crippen LogP contribution in [-0.2, 0) is 14.8 Å². The Hall–Kier alpha value is -0.545. The summed E-state index contributed by atoms with van der Waals surface area (Å²) in [7, 11) is -0.375. The lowest BCUT2D eigenvalue weighted by Crippen LogP contribution is -2.41. The van der Waals surface area contributed by atoms with Crippen molar-refractivity contribution in [3.8, 4) is 0 Å². The van der Waals surface area contributed by atoms with E-state index in [-0.39, 0.29) is 23.9 Å². The minimum Gasteiger partial charge on any atom is -0.399 e. The summed E-state index contributed by atoms with van der Waals surface area (Å²) in [5.41, 5.74) is 7.29. The van der Waals surface area contributed by atoms with E-state index in [2.05, 4.69) is 0 Å². The molecular formula is C15H21BClNO2. The first-order chi connectivity index (χ1) is 9.15. The van der Waals surface area contributed by atoms with Gasteiger partial charge in [-0.3, -0.25) is 0 Å². The molecule has 1 aliphatic heterocycles. The van der Waals surface area contributed by atoms with Crippen LogP contribution in [0.2, 0.25) is 5.02 Å². The van der Waals surface area contributed by atoms with Crippen LogP contribution in [0.15, 0.2) is 18.2 Å². The Kier molecular flexibility index (Phi) is 3.05. The zero-order valence-corrected chi connectivity index (χ0v) is 13.3. The van der Waals surface area contributed by atoms with Gasteiger partial charge in [-0.1, -0.05) is 23.7 Å². The molecule has 0 radical (unpaired) electrons. The van der Waals surface area contributed by atoms with Gasteiger partial charge in [0.1, 0.15) is 0 Å². The van der Waals surface area contributed by atoms with E-state index < -0.39 is 0 Å². The second-order valence-electron chi connectivity index (χ2n) is 6.98. The van der Waals surface area contributed by atoms with E-state index in [4.69, 9.17) is 26.6 Å². The van der Waals surface area contributed by atoms with Gasteiger partial charge in [0.05, 0.1) is 11.2 Å². The zero-order valence-electron chi connectivity index (χ0n) is 12.5. The predicted octanol–water partition coefficient (Wildman–Crippen LogP) is 2.59. The van der Waals surface area contributed by atoms with Crippen LogP contribution in [0.3, 0.4) is 0 Å². The summed E-state index contributed by atoms with van der Waals surface area (Å²) in [5.74, 6) is 0. The van der Waals surface area contributed by atoms with Gasteiger partial charge in [0.2, 0.25) is 0 Å². The first-order valence-electron chi connectivity index (χ1n) is 7.09. The number of rotatable bonds is 2. The number of hydrogen-bond donors (Lipinski definition) is 1. The van der Waals surface area contributed by atoms with Gasteiger partial charge < -0.3 is 15.0 Å². The molecule has 1 aromatic carbocycles. The molecule has 1 saturated heterocycles.